The van der Waals surface area contributed by atoms with Crippen LogP contribution in [0.15, 0.2) is 11.6 Å². The smallest absolute Gasteiger partial charge is 0.0187 e. The first-order valence-corrected chi connectivity index (χ1v) is 5.66. The topological polar surface area (TPSA) is 6.48 Å². The molecule has 0 amide bonds. The molecule has 0 aromatic carbocycles. The summed E-state index contributed by atoms with van der Waals surface area (Å²) < 4.78 is 0. The van der Waals surface area contributed by atoms with Crippen molar-refractivity contribution < 1.29 is 0 Å². The first kappa shape index (κ1) is 13.7. The molecule has 2 nitrogen and oxygen atoms in total. The van der Waals surface area contributed by atoms with Crippen LogP contribution in [0.4, 0.5) is 0 Å². The van der Waals surface area contributed by atoms with Crippen molar-refractivity contribution in [3.8, 4) is 0 Å². The lowest BCUT2D eigenvalue weighted by Gasteiger charge is -2.23. The number of hydrogen-bond acceptors (Lipinski definition) is 2. The number of hydrogen-bond donors (Lipinski definition) is 0. The van der Waals surface area contributed by atoms with Gasteiger partial charge in [-0.2, -0.15) is 0 Å². The van der Waals surface area contributed by atoms with E-state index < -0.39 is 0 Å². The third kappa shape index (κ3) is 6.17. The van der Waals surface area contributed by atoms with Gasteiger partial charge in [-0.25, -0.2) is 0 Å². The van der Waals surface area contributed by atoms with Crippen LogP contribution >= 0.6 is 0 Å². The average molecular weight is 198 g/mol. The summed E-state index contributed by atoms with van der Waals surface area (Å²) in [6.07, 6.45) is 2.19. The zero-order valence-corrected chi connectivity index (χ0v) is 10.5. The van der Waals surface area contributed by atoms with E-state index in [-0.39, 0.29) is 0 Å². The zero-order chi connectivity index (χ0) is 11.0. The maximum absolute atomic E-state index is 2.46. The van der Waals surface area contributed by atoms with Crippen molar-refractivity contribution in [3.05, 3.63) is 11.6 Å². The third-order valence-electron chi connectivity index (χ3n) is 2.70. The van der Waals surface area contributed by atoms with E-state index in [1.54, 1.807) is 0 Å². The van der Waals surface area contributed by atoms with E-state index in [1.807, 2.05) is 0 Å². The molecule has 0 radical (unpaired) electrons. The van der Waals surface area contributed by atoms with Crippen molar-refractivity contribution in [2.24, 2.45) is 0 Å². The van der Waals surface area contributed by atoms with Crippen molar-refractivity contribution in [2.45, 2.75) is 27.7 Å². The van der Waals surface area contributed by atoms with E-state index in [9.17, 15) is 0 Å². The Kier molecular flexibility index (Phi) is 7.81. The molecule has 0 aliphatic heterocycles. The second-order valence-electron chi connectivity index (χ2n) is 3.90. The van der Waals surface area contributed by atoms with Gasteiger partial charge < -0.3 is 9.80 Å². The van der Waals surface area contributed by atoms with Gasteiger partial charge in [-0.05, 0) is 34.0 Å². The molecule has 2 heteroatoms. The molecule has 0 saturated heterocycles. The minimum absolute atomic E-state index is 1.10. The summed E-state index contributed by atoms with van der Waals surface area (Å²) in [5.74, 6) is 0. The lowest BCUT2D eigenvalue weighted by atomic mass is 10.3. The standard InChI is InChI=1S/C12H26N2/c1-6-12(4)11-13(5)9-10-14(7-2)8-3/h6H,7-11H2,1-5H3. The van der Waals surface area contributed by atoms with Gasteiger partial charge in [0.05, 0.1) is 0 Å². The Morgan fingerprint density at radius 2 is 1.71 bits per heavy atom. The Balaban J connectivity index is 3.67. The third-order valence-corrected chi connectivity index (χ3v) is 2.70. The minimum atomic E-state index is 1.10. The Morgan fingerprint density at radius 1 is 1.14 bits per heavy atom. The molecule has 84 valence electrons. The van der Waals surface area contributed by atoms with Gasteiger partial charge in [-0.1, -0.05) is 25.5 Å². The van der Waals surface area contributed by atoms with Gasteiger partial charge in [0.25, 0.3) is 0 Å². The maximum atomic E-state index is 2.46. The fraction of sp³-hybridized carbons (Fsp3) is 0.833. The van der Waals surface area contributed by atoms with Crippen LogP contribution in [0.5, 0.6) is 0 Å². The van der Waals surface area contributed by atoms with Gasteiger partial charge in [-0.3, -0.25) is 0 Å². The molecule has 0 rings (SSSR count). The zero-order valence-electron chi connectivity index (χ0n) is 10.5. The number of rotatable bonds is 7. The monoisotopic (exact) mass is 198 g/mol. The van der Waals surface area contributed by atoms with Gasteiger partial charge >= 0.3 is 0 Å². The van der Waals surface area contributed by atoms with E-state index in [0.29, 0.717) is 0 Å². The maximum Gasteiger partial charge on any atom is 0.0187 e. The van der Waals surface area contributed by atoms with Crippen molar-refractivity contribution in [2.75, 3.05) is 39.8 Å². The fourth-order valence-electron chi connectivity index (χ4n) is 1.45. The molecule has 0 aliphatic carbocycles. The van der Waals surface area contributed by atoms with Crippen LogP contribution in [0.1, 0.15) is 27.7 Å². The fourth-order valence-corrected chi connectivity index (χ4v) is 1.45. The molecule has 0 spiro atoms. The van der Waals surface area contributed by atoms with Gasteiger partial charge in [-0.15, -0.1) is 0 Å². The van der Waals surface area contributed by atoms with Crippen LogP contribution in [-0.4, -0.2) is 49.6 Å². The van der Waals surface area contributed by atoms with Gasteiger partial charge in [0.2, 0.25) is 0 Å². The summed E-state index contributed by atoms with van der Waals surface area (Å²) in [6.45, 7) is 14.5. The van der Waals surface area contributed by atoms with Crippen molar-refractivity contribution in [1.82, 2.24) is 9.80 Å². The predicted octanol–water partition coefficient (Wildman–Crippen LogP) is 2.23. The van der Waals surface area contributed by atoms with Crippen molar-refractivity contribution in [1.29, 1.82) is 0 Å². The number of likely N-dealkylation sites (N-methyl/N-ethyl adjacent to an activating group) is 2. The SMILES string of the molecule is CC=C(C)CN(C)CCN(CC)CC. The van der Waals surface area contributed by atoms with Crippen LogP contribution < -0.4 is 0 Å². The summed E-state index contributed by atoms with van der Waals surface area (Å²) in [5.41, 5.74) is 1.45. The van der Waals surface area contributed by atoms with E-state index in [0.717, 1.165) is 26.2 Å². The molecule has 14 heavy (non-hydrogen) atoms. The summed E-state index contributed by atoms with van der Waals surface area (Å²) in [4.78, 5) is 4.84. The molecule has 0 heterocycles. The van der Waals surface area contributed by atoms with E-state index >= 15 is 0 Å². The number of allylic oxidation sites excluding steroid dienone is 1. The molecular weight excluding hydrogens is 172 g/mol. The van der Waals surface area contributed by atoms with E-state index in [2.05, 4.69) is 50.6 Å². The van der Waals surface area contributed by atoms with Gasteiger partial charge in [0.1, 0.15) is 0 Å². The molecular formula is C12H26N2. The van der Waals surface area contributed by atoms with Crippen LogP contribution in [-0.2, 0) is 0 Å². The van der Waals surface area contributed by atoms with E-state index in [1.165, 1.54) is 12.1 Å². The van der Waals surface area contributed by atoms with Crippen LogP contribution in [0, 0.1) is 0 Å². The lowest BCUT2D eigenvalue weighted by Crippen LogP contribution is -2.33. The lowest BCUT2D eigenvalue weighted by molar-refractivity contribution is 0.249. The van der Waals surface area contributed by atoms with Gasteiger partial charge in [0, 0.05) is 19.6 Å². The molecule has 0 bridgehead atoms. The Morgan fingerprint density at radius 3 is 2.14 bits per heavy atom. The summed E-state index contributed by atoms with van der Waals surface area (Å²) >= 11 is 0. The van der Waals surface area contributed by atoms with Crippen molar-refractivity contribution >= 4 is 0 Å². The highest BCUT2D eigenvalue weighted by molar-refractivity contribution is 4.97. The second kappa shape index (κ2) is 8.01. The molecule has 0 saturated carbocycles. The first-order chi connectivity index (χ1) is 6.63. The summed E-state index contributed by atoms with van der Waals surface area (Å²) in [7, 11) is 2.19. The molecule has 0 fully saturated rings. The summed E-state index contributed by atoms with van der Waals surface area (Å²) in [6, 6.07) is 0. The molecule has 0 N–H and O–H groups in total. The van der Waals surface area contributed by atoms with Crippen LogP contribution in [0.25, 0.3) is 0 Å². The molecule has 0 aliphatic rings. The minimum Gasteiger partial charge on any atom is -0.303 e. The molecule has 0 aromatic heterocycles. The molecule has 0 aromatic rings. The second-order valence-corrected chi connectivity index (χ2v) is 3.90. The number of nitrogens with zero attached hydrogens (tertiary/aromatic N) is 2. The van der Waals surface area contributed by atoms with Crippen LogP contribution in [0.2, 0.25) is 0 Å². The Labute approximate surface area is 89.6 Å². The largest absolute Gasteiger partial charge is 0.303 e. The van der Waals surface area contributed by atoms with Gasteiger partial charge in [0.15, 0.2) is 0 Å². The average Bonchev–Trinajstić information content (AvgIpc) is 2.19. The normalized spacial score (nSPS) is 12.9. The Bertz CT molecular complexity index is 160. The quantitative estimate of drug-likeness (QED) is 0.579. The first-order valence-electron chi connectivity index (χ1n) is 5.66. The Hall–Kier alpha value is -0.340. The van der Waals surface area contributed by atoms with Crippen molar-refractivity contribution in [3.63, 3.8) is 0 Å². The highest BCUT2D eigenvalue weighted by atomic mass is 15.2. The highest BCUT2D eigenvalue weighted by Crippen LogP contribution is 1.96. The predicted molar refractivity (Wildman–Crippen MR) is 64.7 cm³/mol. The molecule has 0 atom stereocenters. The summed E-state index contributed by atoms with van der Waals surface area (Å²) in [5, 5.41) is 0. The van der Waals surface area contributed by atoms with E-state index in [4.69, 9.17) is 0 Å². The highest BCUT2D eigenvalue weighted by Gasteiger charge is 2.02. The molecule has 0 unspecified atom stereocenters. The van der Waals surface area contributed by atoms with Crippen LogP contribution in [0.3, 0.4) is 0 Å².